The third-order valence-corrected chi connectivity index (χ3v) is 15.2. The van der Waals surface area contributed by atoms with Gasteiger partial charge in [0.05, 0.1) is 0 Å². The van der Waals surface area contributed by atoms with Crippen molar-refractivity contribution in [1.29, 1.82) is 0 Å². The largest absolute Gasteiger partial charge is 0.238 e. The lowest BCUT2D eigenvalue weighted by molar-refractivity contribution is 1.25. The summed E-state index contributed by atoms with van der Waals surface area (Å²) in [5, 5.41) is 0. The second kappa shape index (κ2) is 19.5. The van der Waals surface area contributed by atoms with E-state index < -0.39 is 0 Å². The number of rotatable bonds is 11. The van der Waals surface area contributed by atoms with Crippen molar-refractivity contribution in [2.24, 2.45) is 0 Å². The maximum atomic E-state index is 4.58. The van der Waals surface area contributed by atoms with E-state index >= 15 is 0 Å². The minimum atomic E-state index is 0.0144. The third kappa shape index (κ3) is 8.89. The summed E-state index contributed by atoms with van der Waals surface area (Å²) in [4.78, 5) is 0. The molecule has 0 saturated heterocycles. The van der Waals surface area contributed by atoms with Crippen LogP contribution in [0.4, 0.5) is 0 Å². The Morgan fingerprint density at radius 2 is 0.582 bits per heavy atom. The Morgan fingerprint density at radius 3 is 0.881 bits per heavy atom. The van der Waals surface area contributed by atoms with Crippen molar-refractivity contribution in [3.8, 4) is 55.6 Å². The van der Waals surface area contributed by atoms with Crippen LogP contribution < -0.4 is 10.9 Å². The minimum Gasteiger partial charge on any atom is -0.0955 e. The molecule has 1 heteroatoms. The smallest absolute Gasteiger partial charge is 0.0955 e. The fourth-order valence-corrected chi connectivity index (χ4v) is 10.9. The molecule has 0 aromatic heterocycles. The zero-order valence-corrected chi connectivity index (χ0v) is 41.9. The number of hydrogen-bond donors (Lipinski definition) is 0. The lowest BCUT2D eigenvalue weighted by Crippen LogP contribution is -2.50. The highest BCUT2D eigenvalue weighted by atomic mass is 14.2. The van der Waals surface area contributed by atoms with Crippen molar-refractivity contribution < 1.29 is 0 Å². The average Bonchev–Trinajstić information content (AvgIpc) is 3.35. The molecule has 0 heterocycles. The van der Waals surface area contributed by atoms with E-state index in [1.54, 1.807) is 0 Å². The van der Waals surface area contributed by atoms with Gasteiger partial charge in [0, 0.05) is 0 Å². The number of allylic oxidation sites excluding steroid dienone is 5. The van der Waals surface area contributed by atoms with Gasteiger partial charge in [-0.3, -0.25) is 0 Å². The van der Waals surface area contributed by atoms with Gasteiger partial charge >= 0.3 is 0 Å². The highest BCUT2D eigenvalue weighted by molar-refractivity contribution is 6.92. The molecule has 0 unspecified atom stereocenters. The van der Waals surface area contributed by atoms with Crippen LogP contribution >= 0.6 is 0 Å². The van der Waals surface area contributed by atoms with Crippen LogP contribution in [0.3, 0.4) is 0 Å². The molecule has 0 N–H and O–H groups in total. The molecule has 332 valence electrons. The zero-order chi connectivity index (χ0) is 47.7. The van der Waals surface area contributed by atoms with Gasteiger partial charge in [0.25, 0.3) is 0 Å². The molecule has 0 fully saturated rings. The normalized spacial score (nSPS) is 12.1. The molecule has 0 atom stereocenters. The topological polar surface area (TPSA) is 0 Å². The number of benzene rings is 8. The van der Waals surface area contributed by atoms with Crippen molar-refractivity contribution in [2.75, 3.05) is 0 Å². The van der Waals surface area contributed by atoms with E-state index in [9.17, 15) is 0 Å². The van der Waals surface area contributed by atoms with Crippen molar-refractivity contribution in [2.45, 2.75) is 83.1 Å². The predicted octanol–water partition coefficient (Wildman–Crippen LogP) is 17.0. The zero-order valence-electron chi connectivity index (χ0n) is 41.9. The van der Waals surface area contributed by atoms with E-state index in [1.807, 2.05) is 0 Å². The molecule has 0 amide bonds. The van der Waals surface area contributed by atoms with Gasteiger partial charge in [-0.2, -0.15) is 0 Å². The SMILES string of the molecule is C=C(C)/C(=C(C)\C(C)=C(/C)B(c1c(C)c(C)c(-c2ccc(-c3ccccc3)cc2)c(C)c1C)c1c(C)c(C)c(-c2ccc(-c3ccccc3)cc2)c(C)c1C)c1ccc(-c2ccccc2)cc1. The van der Waals surface area contributed by atoms with Gasteiger partial charge in [-0.05, 0) is 171 Å². The van der Waals surface area contributed by atoms with E-state index in [2.05, 4.69) is 253 Å². The molecule has 0 bridgehead atoms. The summed E-state index contributed by atoms with van der Waals surface area (Å²) in [5.41, 5.74) is 33.6. The maximum absolute atomic E-state index is 4.58. The molecule has 0 spiro atoms. The van der Waals surface area contributed by atoms with E-state index in [1.165, 1.54) is 139 Å². The molecule has 0 saturated carbocycles. The maximum Gasteiger partial charge on any atom is 0.238 e. The Kier molecular flexibility index (Phi) is 13.5. The molecule has 8 aromatic rings. The Hall–Kier alpha value is -6.96. The first kappa shape index (κ1) is 46.6. The summed E-state index contributed by atoms with van der Waals surface area (Å²) in [6.45, 7) is 32.7. The second-order valence-electron chi connectivity index (χ2n) is 18.9. The first-order valence-corrected chi connectivity index (χ1v) is 23.9. The average molecular weight is 869 g/mol. The second-order valence-corrected chi connectivity index (χ2v) is 18.9. The van der Waals surface area contributed by atoms with Crippen LogP contribution in [0.25, 0.3) is 61.2 Å². The van der Waals surface area contributed by atoms with E-state index in [-0.39, 0.29) is 6.71 Å². The Labute approximate surface area is 402 Å². The molecule has 67 heavy (non-hydrogen) atoms. The molecular weight excluding hydrogens is 804 g/mol. The number of hydrogen-bond acceptors (Lipinski definition) is 0. The van der Waals surface area contributed by atoms with E-state index in [0.29, 0.717) is 0 Å². The monoisotopic (exact) mass is 869 g/mol. The van der Waals surface area contributed by atoms with Crippen molar-refractivity contribution >= 4 is 23.2 Å². The first-order valence-electron chi connectivity index (χ1n) is 23.9. The molecule has 8 rings (SSSR count). The lowest BCUT2D eigenvalue weighted by atomic mass is 9.32. The van der Waals surface area contributed by atoms with Crippen LogP contribution in [-0.4, -0.2) is 6.71 Å². The highest BCUT2D eigenvalue weighted by Gasteiger charge is 2.33. The molecule has 0 aliphatic rings. The van der Waals surface area contributed by atoms with Gasteiger partial charge < -0.3 is 0 Å². The molecule has 0 aliphatic carbocycles. The lowest BCUT2D eigenvalue weighted by Gasteiger charge is -2.31. The quantitative estimate of drug-likeness (QED) is 0.0897. The van der Waals surface area contributed by atoms with Gasteiger partial charge in [-0.25, -0.2) is 0 Å². The van der Waals surface area contributed by atoms with Crippen LogP contribution in [0.1, 0.15) is 77.8 Å². The Balaban J connectivity index is 1.33. The third-order valence-electron chi connectivity index (χ3n) is 15.2. The molecular formula is C66H65B. The van der Waals surface area contributed by atoms with Crippen LogP contribution in [0, 0.1) is 55.4 Å². The Bertz CT molecular complexity index is 2970. The van der Waals surface area contributed by atoms with Crippen LogP contribution in [0.5, 0.6) is 0 Å². The summed E-state index contributed by atoms with van der Waals surface area (Å²) in [6, 6.07) is 59.4. The fourth-order valence-electron chi connectivity index (χ4n) is 10.9. The van der Waals surface area contributed by atoms with Crippen molar-refractivity contribution in [1.82, 2.24) is 0 Å². The predicted molar refractivity (Wildman–Crippen MR) is 295 cm³/mol. The van der Waals surface area contributed by atoms with Crippen LogP contribution in [-0.2, 0) is 0 Å². The summed E-state index contributed by atoms with van der Waals surface area (Å²) >= 11 is 0. The first-order chi connectivity index (χ1) is 32.2. The van der Waals surface area contributed by atoms with Gasteiger partial charge in [-0.15, -0.1) is 0 Å². The molecule has 0 aliphatic heterocycles. The minimum absolute atomic E-state index is 0.0144. The molecule has 8 aromatic carbocycles. The van der Waals surface area contributed by atoms with Gasteiger partial charge in [0.1, 0.15) is 0 Å². The summed E-state index contributed by atoms with van der Waals surface area (Å²) in [7, 11) is 0. The van der Waals surface area contributed by atoms with Crippen molar-refractivity contribution in [3.63, 3.8) is 0 Å². The fraction of sp³-hybridized carbons (Fsp3) is 0.182. The van der Waals surface area contributed by atoms with Gasteiger partial charge in [0.2, 0.25) is 6.71 Å². The Morgan fingerprint density at radius 1 is 0.313 bits per heavy atom. The van der Waals surface area contributed by atoms with Crippen molar-refractivity contribution in [3.05, 3.63) is 243 Å². The van der Waals surface area contributed by atoms with E-state index in [0.717, 1.165) is 5.57 Å². The standard InChI is InChI=1S/C66H65B/c1-41(2)62(59-35-29-56(30-36-59)53-23-17-14-18-24-53)43(4)42(3)52(13)67(65-48(9)44(5)63(45(6)49(65)10)60-37-31-57(32-38-60)54-25-19-15-20-26-54)66-50(11)46(7)64(47(8)51(66)12)61-39-33-58(34-40-61)55-27-21-16-22-28-55/h14-40H,1H2,2-13H3/b52-42+,62-43+. The van der Waals surface area contributed by atoms with E-state index in [4.69, 9.17) is 0 Å². The van der Waals surface area contributed by atoms with Crippen LogP contribution in [0.15, 0.2) is 193 Å². The molecule has 0 radical (unpaired) electrons. The van der Waals surface area contributed by atoms with Crippen LogP contribution in [0.2, 0.25) is 0 Å². The van der Waals surface area contributed by atoms with Gasteiger partial charge in [-0.1, -0.05) is 227 Å². The highest BCUT2D eigenvalue weighted by Crippen LogP contribution is 2.38. The van der Waals surface area contributed by atoms with Gasteiger partial charge in [0.15, 0.2) is 0 Å². The summed E-state index contributed by atoms with van der Waals surface area (Å²) in [6.07, 6.45) is 0. The summed E-state index contributed by atoms with van der Waals surface area (Å²) < 4.78 is 0. The molecule has 0 nitrogen and oxygen atoms in total. The summed E-state index contributed by atoms with van der Waals surface area (Å²) in [5.74, 6) is 0.